The lowest BCUT2D eigenvalue weighted by molar-refractivity contribution is 0.101. The number of Topliss-reactive ketones (excluding diaryl/α,β-unsaturated/α-hetero) is 2. The molecule has 6 heteroatoms. The Morgan fingerprint density at radius 2 is 1.45 bits per heavy atom. The Hall–Kier alpha value is -1.20. The highest BCUT2D eigenvalue weighted by Gasteiger charge is 2.37. The van der Waals surface area contributed by atoms with Crippen molar-refractivity contribution in [3.8, 4) is 0 Å². The van der Waals surface area contributed by atoms with Gasteiger partial charge in [0.1, 0.15) is 0 Å². The van der Waals surface area contributed by atoms with Crippen LogP contribution in [0.1, 0.15) is 20.7 Å². The van der Waals surface area contributed by atoms with E-state index in [0.29, 0.717) is 35.9 Å². The van der Waals surface area contributed by atoms with Crippen LogP contribution < -0.4 is 0 Å². The monoisotopic (exact) mass is 364 g/mol. The van der Waals surface area contributed by atoms with Gasteiger partial charge >= 0.3 is 0 Å². The topological polar surface area (TPSA) is 34.1 Å². The second kappa shape index (κ2) is 5.17. The van der Waals surface area contributed by atoms with Crippen LogP contribution in [-0.4, -0.2) is 11.6 Å². The summed E-state index contributed by atoms with van der Waals surface area (Å²) in [7, 11) is 0. The van der Waals surface area contributed by atoms with Gasteiger partial charge in [-0.25, -0.2) is 0 Å². The van der Waals surface area contributed by atoms with Gasteiger partial charge in [-0.3, -0.25) is 9.59 Å². The summed E-state index contributed by atoms with van der Waals surface area (Å²) in [5, 5.41) is 0.765. The van der Waals surface area contributed by atoms with Gasteiger partial charge in [0.2, 0.25) is 11.6 Å². The van der Waals surface area contributed by atoms with Crippen molar-refractivity contribution in [3.05, 3.63) is 67.4 Å². The molecule has 0 aromatic heterocycles. The number of carbonyl (C=O) groups excluding carboxylic acids is 2. The van der Waals surface area contributed by atoms with Crippen molar-refractivity contribution < 1.29 is 9.59 Å². The summed E-state index contributed by atoms with van der Waals surface area (Å²) >= 11 is 14.8. The number of benzene rings is 2. The Morgan fingerprint density at radius 1 is 0.773 bits per heavy atom. The van der Waals surface area contributed by atoms with Crippen LogP contribution in [0.3, 0.4) is 0 Å². The molecule has 0 unspecified atom stereocenters. The fourth-order valence-corrected chi connectivity index (χ4v) is 5.23. The van der Waals surface area contributed by atoms with Crippen molar-refractivity contribution in [3.63, 3.8) is 0 Å². The molecule has 22 heavy (non-hydrogen) atoms. The third-order valence-electron chi connectivity index (χ3n) is 3.46. The summed E-state index contributed by atoms with van der Waals surface area (Å²) in [6, 6.07) is 10.6. The molecule has 0 spiro atoms. The Balaban J connectivity index is 1.85. The zero-order valence-electron chi connectivity index (χ0n) is 10.9. The summed E-state index contributed by atoms with van der Waals surface area (Å²) in [6.07, 6.45) is 0. The van der Waals surface area contributed by atoms with Gasteiger partial charge in [0.25, 0.3) is 0 Å². The number of thioether (sulfide) groups is 2. The van der Waals surface area contributed by atoms with Crippen LogP contribution in [0.5, 0.6) is 0 Å². The van der Waals surface area contributed by atoms with E-state index in [1.807, 2.05) is 18.2 Å². The van der Waals surface area contributed by atoms with E-state index in [9.17, 15) is 9.59 Å². The maximum Gasteiger partial charge on any atom is 0.202 e. The van der Waals surface area contributed by atoms with Crippen molar-refractivity contribution in [2.75, 3.05) is 0 Å². The number of rotatable bonds is 0. The van der Waals surface area contributed by atoms with E-state index >= 15 is 0 Å². The number of carbonyl (C=O) groups is 2. The van der Waals surface area contributed by atoms with Gasteiger partial charge in [-0.1, -0.05) is 58.9 Å². The highest BCUT2D eigenvalue weighted by atomic mass is 35.5. The summed E-state index contributed by atoms with van der Waals surface area (Å²) in [4.78, 5) is 27.5. The predicted octanol–water partition coefficient (Wildman–Crippen LogP) is 5.48. The molecule has 108 valence electrons. The average Bonchev–Trinajstić information content (AvgIpc) is 3.02. The lowest BCUT2D eigenvalue weighted by atomic mass is 10.1. The van der Waals surface area contributed by atoms with Gasteiger partial charge in [0, 0.05) is 20.9 Å². The van der Waals surface area contributed by atoms with E-state index in [4.69, 9.17) is 23.2 Å². The molecule has 0 saturated heterocycles. The van der Waals surface area contributed by atoms with E-state index in [-0.39, 0.29) is 11.6 Å². The summed E-state index contributed by atoms with van der Waals surface area (Å²) in [6.45, 7) is 0. The second-order valence-corrected chi connectivity index (χ2v) is 7.61. The maximum atomic E-state index is 12.6. The van der Waals surface area contributed by atoms with Gasteiger partial charge < -0.3 is 0 Å². The first-order valence-electron chi connectivity index (χ1n) is 6.34. The van der Waals surface area contributed by atoms with Crippen LogP contribution in [0.4, 0.5) is 0 Å². The molecule has 0 fully saturated rings. The van der Waals surface area contributed by atoms with Crippen LogP contribution in [0.25, 0.3) is 0 Å². The molecule has 0 saturated carbocycles. The molecule has 0 bridgehead atoms. The molecule has 0 amide bonds. The Kier molecular flexibility index (Phi) is 3.38. The molecular weight excluding hydrogens is 359 g/mol. The number of ketones is 2. The quantitative estimate of drug-likeness (QED) is 0.579. The molecule has 2 nitrogen and oxygen atoms in total. The SMILES string of the molecule is O=C1C(=C2Sc3c(ccc(Cl)c3Cl)C2=O)Sc2ccccc21. The zero-order chi connectivity index (χ0) is 15.4. The number of halogens is 2. The predicted molar refractivity (Wildman–Crippen MR) is 90.3 cm³/mol. The molecule has 0 atom stereocenters. The molecule has 2 aromatic carbocycles. The minimum atomic E-state index is -0.165. The number of fused-ring (bicyclic) bond motifs is 2. The van der Waals surface area contributed by atoms with Gasteiger partial charge in [-0.15, -0.1) is 0 Å². The molecule has 0 N–H and O–H groups in total. The Bertz CT molecular complexity index is 903. The van der Waals surface area contributed by atoms with Crippen molar-refractivity contribution >= 4 is 58.3 Å². The van der Waals surface area contributed by atoms with Gasteiger partial charge in [0.05, 0.1) is 19.9 Å². The summed E-state index contributed by atoms with van der Waals surface area (Å²) in [5.41, 5.74) is 1.15. The molecule has 2 aliphatic rings. The lowest BCUT2D eigenvalue weighted by Crippen LogP contribution is -2.01. The van der Waals surface area contributed by atoms with Crippen LogP contribution in [0.15, 0.2) is 56.0 Å². The van der Waals surface area contributed by atoms with Crippen molar-refractivity contribution in [1.29, 1.82) is 0 Å². The Labute approximate surface area is 144 Å². The lowest BCUT2D eigenvalue weighted by Gasteiger charge is -2.00. The number of hydrogen-bond acceptors (Lipinski definition) is 4. The zero-order valence-corrected chi connectivity index (χ0v) is 14.0. The smallest absolute Gasteiger partial charge is 0.202 e. The van der Waals surface area contributed by atoms with Crippen molar-refractivity contribution in [2.45, 2.75) is 9.79 Å². The van der Waals surface area contributed by atoms with E-state index < -0.39 is 0 Å². The van der Waals surface area contributed by atoms with E-state index in [0.717, 1.165) is 4.90 Å². The maximum absolute atomic E-state index is 12.6. The van der Waals surface area contributed by atoms with Gasteiger partial charge in [-0.2, -0.15) is 0 Å². The molecule has 4 rings (SSSR count). The van der Waals surface area contributed by atoms with Crippen molar-refractivity contribution in [1.82, 2.24) is 0 Å². The van der Waals surface area contributed by atoms with Gasteiger partial charge in [0.15, 0.2) is 0 Å². The third kappa shape index (κ3) is 1.98. The van der Waals surface area contributed by atoms with Crippen LogP contribution >= 0.6 is 46.7 Å². The molecule has 2 heterocycles. The normalized spacial score (nSPS) is 19.5. The third-order valence-corrected chi connectivity index (χ3v) is 6.90. The summed E-state index contributed by atoms with van der Waals surface area (Å²) in [5.74, 6) is -0.270. The Morgan fingerprint density at radius 3 is 2.23 bits per heavy atom. The molecular formula is C16H6Cl2O2S2. The fourth-order valence-electron chi connectivity index (χ4n) is 2.40. The fraction of sp³-hybridized carbons (Fsp3) is 0. The van der Waals surface area contributed by atoms with Crippen LogP contribution in [0, 0.1) is 0 Å². The average molecular weight is 365 g/mol. The number of hydrogen-bond donors (Lipinski definition) is 0. The molecule has 2 aliphatic heterocycles. The first kappa shape index (κ1) is 14.4. The second-order valence-electron chi connectivity index (χ2n) is 4.75. The van der Waals surface area contributed by atoms with E-state index in [1.165, 1.54) is 23.5 Å². The van der Waals surface area contributed by atoms with Crippen molar-refractivity contribution in [2.24, 2.45) is 0 Å². The highest BCUT2D eigenvalue weighted by Crippen LogP contribution is 2.52. The first-order chi connectivity index (χ1) is 10.6. The molecule has 0 radical (unpaired) electrons. The number of allylic oxidation sites excluding steroid dienone is 2. The first-order valence-corrected chi connectivity index (χ1v) is 8.73. The standard InChI is InChI=1S/C16H6Cl2O2S2/c17-9-6-5-8-13(20)16(22-14(8)11(9)18)15-12(19)7-3-1-2-4-10(7)21-15/h1-6H. The highest BCUT2D eigenvalue weighted by molar-refractivity contribution is 8.08. The minimum Gasteiger partial charge on any atom is -0.288 e. The van der Waals surface area contributed by atoms with Crippen LogP contribution in [0.2, 0.25) is 10.0 Å². The molecule has 0 aliphatic carbocycles. The van der Waals surface area contributed by atoms with E-state index in [2.05, 4.69) is 0 Å². The largest absolute Gasteiger partial charge is 0.288 e. The summed E-state index contributed by atoms with van der Waals surface area (Å²) < 4.78 is 0. The minimum absolute atomic E-state index is 0.105. The molecule has 2 aromatic rings. The van der Waals surface area contributed by atoms with Gasteiger partial charge in [-0.05, 0) is 24.3 Å². The van der Waals surface area contributed by atoms with E-state index in [1.54, 1.807) is 18.2 Å². The van der Waals surface area contributed by atoms with Crippen LogP contribution in [-0.2, 0) is 0 Å².